The molecule has 7 nitrogen and oxygen atoms in total. The zero-order valence-corrected chi connectivity index (χ0v) is 18.2. The lowest BCUT2D eigenvalue weighted by atomic mass is 10.1. The van der Waals surface area contributed by atoms with Gasteiger partial charge in [0.2, 0.25) is 0 Å². The van der Waals surface area contributed by atoms with E-state index in [1.54, 1.807) is 42.7 Å². The molecule has 0 unspecified atom stereocenters. The van der Waals surface area contributed by atoms with Gasteiger partial charge >= 0.3 is 12.1 Å². The summed E-state index contributed by atoms with van der Waals surface area (Å²) in [4.78, 5) is 18.1. The number of benzene rings is 2. The molecule has 11 heteroatoms. The van der Waals surface area contributed by atoms with Crippen molar-refractivity contribution in [1.82, 2.24) is 9.55 Å². The number of halogens is 4. The van der Waals surface area contributed by atoms with Gasteiger partial charge in [-0.2, -0.15) is 13.2 Å². The molecule has 0 spiro atoms. The summed E-state index contributed by atoms with van der Waals surface area (Å²) < 4.78 is 46.6. The molecule has 0 saturated carbocycles. The van der Waals surface area contributed by atoms with E-state index in [9.17, 15) is 18.0 Å². The molecular weight excluding hydrogens is 447 g/mol. The maximum atomic E-state index is 13.3. The Morgan fingerprint density at radius 1 is 1.25 bits per heavy atom. The van der Waals surface area contributed by atoms with Gasteiger partial charge in [-0.25, -0.2) is 4.98 Å². The van der Waals surface area contributed by atoms with Crippen molar-refractivity contribution in [3.8, 4) is 5.69 Å². The average Bonchev–Trinajstić information content (AvgIpc) is 3.06. The first kappa shape index (κ1) is 23.4. The van der Waals surface area contributed by atoms with Gasteiger partial charge in [0, 0.05) is 23.9 Å². The number of fused-ring (bicyclic) bond motifs is 1. The average molecular weight is 466 g/mol. The second-order valence-electron chi connectivity index (χ2n) is 7.59. The maximum Gasteiger partial charge on any atom is 0.417 e. The lowest BCUT2D eigenvalue weighted by Crippen LogP contribution is -2.19. The molecule has 0 aliphatic carbocycles. The van der Waals surface area contributed by atoms with Crippen molar-refractivity contribution in [2.45, 2.75) is 38.9 Å². The van der Waals surface area contributed by atoms with Gasteiger partial charge in [0.05, 0.1) is 28.2 Å². The summed E-state index contributed by atoms with van der Waals surface area (Å²) in [5.74, 6) is -0.111. The Labute approximate surface area is 186 Å². The highest BCUT2D eigenvalue weighted by molar-refractivity contribution is 6.32. The Bertz CT molecular complexity index is 1210. The van der Waals surface area contributed by atoms with Crippen LogP contribution in [-0.4, -0.2) is 22.1 Å². The van der Waals surface area contributed by atoms with Crippen molar-refractivity contribution in [3.63, 3.8) is 0 Å². The van der Waals surface area contributed by atoms with Crippen LogP contribution in [0.15, 0.2) is 41.5 Å². The molecule has 0 atom stereocenters. The van der Waals surface area contributed by atoms with Gasteiger partial charge in [0.25, 0.3) is 0 Å². The van der Waals surface area contributed by atoms with E-state index < -0.39 is 22.3 Å². The summed E-state index contributed by atoms with van der Waals surface area (Å²) in [7, 11) is 0. The lowest BCUT2D eigenvalue weighted by Gasteiger charge is -2.20. The number of nitrogens with zero attached hydrogens (tertiary/aromatic N) is 5. The number of hydrogen-bond donors (Lipinski definition) is 0. The first-order chi connectivity index (χ1) is 14.9. The highest BCUT2D eigenvalue weighted by Crippen LogP contribution is 2.39. The van der Waals surface area contributed by atoms with E-state index in [0.29, 0.717) is 17.6 Å². The number of aromatic nitrogens is 2. The van der Waals surface area contributed by atoms with E-state index >= 15 is 0 Å². The second-order valence-corrected chi connectivity index (χ2v) is 8.00. The van der Waals surface area contributed by atoms with Gasteiger partial charge in [0.15, 0.2) is 0 Å². The van der Waals surface area contributed by atoms with Crippen LogP contribution in [0.4, 0.5) is 13.2 Å². The van der Waals surface area contributed by atoms with Crippen LogP contribution in [0.25, 0.3) is 27.2 Å². The number of carbonyl (C=O) groups is 1. The molecule has 0 saturated heterocycles. The molecule has 0 amide bonds. The van der Waals surface area contributed by atoms with Crippen LogP contribution in [0.2, 0.25) is 5.02 Å². The third kappa shape index (κ3) is 4.81. The van der Waals surface area contributed by atoms with Gasteiger partial charge in [-0.1, -0.05) is 28.8 Å². The molecule has 32 heavy (non-hydrogen) atoms. The van der Waals surface area contributed by atoms with Crippen molar-refractivity contribution in [3.05, 3.63) is 68.8 Å². The Morgan fingerprint density at radius 3 is 2.47 bits per heavy atom. The topological polar surface area (TPSA) is 92.9 Å². The molecule has 0 radical (unpaired) electrons. The minimum absolute atomic E-state index is 0.0666. The number of rotatable bonds is 6. The molecule has 3 rings (SSSR count). The van der Waals surface area contributed by atoms with Crippen LogP contribution in [0.3, 0.4) is 0 Å². The molecule has 0 aliphatic heterocycles. The Kier molecular flexibility index (Phi) is 6.39. The highest BCUT2D eigenvalue weighted by Gasteiger charge is 2.35. The van der Waals surface area contributed by atoms with Gasteiger partial charge in [-0.15, -0.1) is 0 Å². The standard InChI is InChI=1S/C21H19ClF3N5O2/c1-12(31)32-9-8-13-4-6-14(7-5-13)30-18-11-16(22)15(21(23,24)25)10-17(18)27-19(30)20(2,3)28-29-26/h4-7,10-11H,8-9H2,1-3H3. The quantitative estimate of drug-likeness (QED) is 0.184. The van der Waals surface area contributed by atoms with Crippen molar-refractivity contribution in [2.75, 3.05) is 6.61 Å². The third-order valence-electron chi connectivity index (χ3n) is 4.78. The van der Waals surface area contributed by atoms with Gasteiger partial charge in [-0.3, -0.25) is 9.36 Å². The second kappa shape index (κ2) is 8.72. The molecule has 1 heterocycles. The molecule has 3 aromatic rings. The van der Waals surface area contributed by atoms with E-state index in [0.717, 1.165) is 11.6 Å². The lowest BCUT2D eigenvalue weighted by molar-refractivity contribution is -0.141. The molecule has 2 aromatic carbocycles. The molecule has 168 valence electrons. The summed E-state index contributed by atoms with van der Waals surface area (Å²) in [5, 5.41) is 3.31. The molecular formula is C21H19ClF3N5O2. The van der Waals surface area contributed by atoms with Crippen molar-refractivity contribution < 1.29 is 22.7 Å². The van der Waals surface area contributed by atoms with Gasteiger partial charge in [-0.05, 0) is 49.2 Å². The van der Waals surface area contributed by atoms with Gasteiger partial charge in [0.1, 0.15) is 11.4 Å². The first-order valence-electron chi connectivity index (χ1n) is 9.52. The van der Waals surface area contributed by atoms with Crippen LogP contribution in [0.5, 0.6) is 0 Å². The van der Waals surface area contributed by atoms with E-state index in [2.05, 4.69) is 15.0 Å². The predicted molar refractivity (Wildman–Crippen MR) is 114 cm³/mol. The maximum absolute atomic E-state index is 13.3. The number of azide groups is 1. The summed E-state index contributed by atoms with van der Waals surface area (Å²) in [6.45, 7) is 4.79. The zero-order chi connectivity index (χ0) is 23.7. The van der Waals surface area contributed by atoms with Crippen LogP contribution in [0.1, 0.15) is 37.7 Å². The monoisotopic (exact) mass is 465 g/mol. The number of esters is 1. The van der Waals surface area contributed by atoms with Gasteiger partial charge < -0.3 is 4.74 Å². The fourth-order valence-corrected chi connectivity index (χ4v) is 3.53. The Morgan fingerprint density at radius 2 is 1.91 bits per heavy atom. The summed E-state index contributed by atoms with van der Waals surface area (Å²) in [6, 6.07) is 9.21. The molecule has 0 N–H and O–H groups in total. The number of hydrogen-bond acceptors (Lipinski definition) is 4. The fraction of sp³-hybridized carbons (Fsp3) is 0.333. The normalized spacial score (nSPS) is 12.0. The third-order valence-corrected chi connectivity index (χ3v) is 5.09. The largest absolute Gasteiger partial charge is 0.466 e. The van der Waals surface area contributed by atoms with E-state index in [1.807, 2.05) is 0 Å². The Hall–Kier alpha value is -3.23. The zero-order valence-electron chi connectivity index (χ0n) is 17.4. The molecule has 1 aromatic heterocycles. The van der Waals surface area contributed by atoms with Crippen LogP contribution in [0, 0.1) is 0 Å². The minimum Gasteiger partial charge on any atom is -0.466 e. The van der Waals surface area contributed by atoms with E-state index in [4.69, 9.17) is 21.9 Å². The number of carbonyl (C=O) groups excluding carboxylic acids is 1. The Balaban J connectivity index is 2.16. The van der Waals surface area contributed by atoms with Crippen LogP contribution in [-0.2, 0) is 27.7 Å². The van der Waals surface area contributed by atoms with Crippen LogP contribution >= 0.6 is 11.6 Å². The SMILES string of the molecule is CC(=O)OCCc1ccc(-n2c(C(C)(C)N=[N+]=[N-])nc3cc(C(F)(F)F)c(Cl)cc32)cc1. The predicted octanol–water partition coefficient (Wildman–Crippen LogP) is 6.35. The smallest absolute Gasteiger partial charge is 0.417 e. The van der Waals surface area contributed by atoms with Crippen LogP contribution < -0.4 is 0 Å². The van der Waals surface area contributed by atoms with E-state index in [-0.39, 0.29) is 23.9 Å². The number of imidazole rings is 1. The first-order valence-corrected chi connectivity index (χ1v) is 9.90. The van der Waals surface area contributed by atoms with E-state index in [1.165, 1.54) is 13.0 Å². The molecule has 0 bridgehead atoms. The highest BCUT2D eigenvalue weighted by atomic mass is 35.5. The summed E-state index contributed by atoms with van der Waals surface area (Å²) in [6.07, 6.45) is -4.14. The summed E-state index contributed by atoms with van der Waals surface area (Å²) in [5.41, 5.74) is 8.71. The number of ether oxygens (including phenoxy) is 1. The fourth-order valence-electron chi connectivity index (χ4n) is 3.27. The van der Waals surface area contributed by atoms with Crippen molar-refractivity contribution >= 4 is 28.6 Å². The summed E-state index contributed by atoms with van der Waals surface area (Å²) >= 11 is 5.96. The molecule has 0 aliphatic rings. The minimum atomic E-state index is -4.64. The van der Waals surface area contributed by atoms with Crippen molar-refractivity contribution in [2.24, 2.45) is 5.11 Å². The molecule has 0 fully saturated rings. The van der Waals surface area contributed by atoms with Crippen molar-refractivity contribution in [1.29, 1.82) is 0 Å². The number of alkyl halides is 3.